The highest BCUT2D eigenvalue weighted by Crippen LogP contribution is 2.26. The van der Waals surface area contributed by atoms with Gasteiger partial charge in [-0.05, 0) is 12.3 Å². The fourth-order valence-corrected chi connectivity index (χ4v) is 3.06. The summed E-state index contributed by atoms with van der Waals surface area (Å²) in [4.78, 5) is 12.3. The Morgan fingerprint density at radius 2 is 1.69 bits per heavy atom. The van der Waals surface area contributed by atoms with Gasteiger partial charge in [-0.3, -0.25) is 9.48 Å². The SMILES string of the molecule is CCc1nn(C)c(C(=O)NCc2c(F)c(F)c(COCC(C)C)c(F)c2F)c1Cl. The average Bonchev–Trinajstić information content (AvgIpc) is 2.96. The van der Waals surface area contributed by atoms with Gasteiger partial charge in [0.25, 0.3) is 5.91 Å². The Labute approximate surface area is 171 Å². The number of nitrogens with zero attached hydrogens (tertiary/aromatic N) is 2. The molecule has 2 aromatic rings. The van der Waals surface area contributed by atoms with Gasteiger partial charge in [-0.25, -0.2) is 17.6 Å². The molecule has 10 heteroatoms. The van der Waals surface area contributed by atoms with E-state index < -0.39 is 53.5 Å². The molecule has 29 heavy (non-hydrogen) atoms. The second-order valence-corrected chi connectivity index (χ2v) is 7.27. The zero-order valence-electron chi connectivity index (χ0n) is 16.5. The van der Waals surface area contributed by atoms with E-state index in [-0.39, 0.29) is 23.2 Å². The minimum absolute atomic E-state index is 0.0241. The molecule has 0 fully saturated rings. The summed E-state index contributed by atoms with van der Waals surface area (Å²) in [6.45, 7) is 4.21. The lowest BCUT2D eigenvalue weighted by Crippen LogP contribution is -2.27. The molecule has 2 rings (SSSR count). The van der Waals surface area contributed by atoms with Gasteiger partial charge in [-0.1, -0.05) is 32.4 Å². The van der Waals surface area contributed by atoms with Gasteiger partial charge in [-0.2, -0.15) is 5.10 Å². The Balaban J connectivity index is 2.23. The first-order valence-electron chi connectivity index (χ1n) is 9.01. The van der Waals surface area contributed by atoms with Crippen molar-refractivity contribution in [1.29, 1.82) is 0 Å². The number of ether oxygens (including phenoxy) is 1. The van der Waals surface area contributed by atoms with Crippen molar-refractivity contribution in [3.8, 4) is 0 Å². The van der Waals surface area contributed by atoms with Gasteiger partial charge in [0.15, 0.2) is 23.3 Å². The predicted molar refractivity (Wildman–Crippen MR) is 99.5 cm³/mol. The molecule has 0 saturated carbocycles. The Kier molecular flexibility index (Phi) is 7.65. The van der Waals surface area contributed by atoms with E-state index in [1.807, 2.05) is 13.8 Å². The van der Waals surface area contributed by atoms with Crippen LogP contribution in [0.1, 0.15) is 48.1 Å². The summed E-state index contributed by atoms with van der Waals surface area (Å²) in [5.41, 5.74) is -1.32. The van der Waals surface area contributed by atoms with Crippen LogP contribution in [-0.2, 0) is 31.4 Å². The maximum atomic E-state index is 14.3. The van der Waals surface area contributed by atoms with Crippen LogP contribution < -0.4 is 5.32 Å². The van der Waals surface area contributed by atoms with Crippen LogP contribution >= 0.6 is 11.6 Å². The summed E-state index contributed by atoms with van der Waals surface area (Å²) in [7, 11) is 1.48. The van der Waals surface area contributed by atoms with E-state index in [0.29, 0.717) is 12.1 Å². The molecule has 0 spiro atoms. The standard InChI is InChI=1S/C19H22ClF4N3O2/c1-5-12-13(20)18(27(4)26-12)19(28)25-6-10-14(21)16(23)11(17(24)15(10)22)8-29-7-9(2)3/h9H,5-8H2,1-4H3,(H,25,28). The van der Waals surface area contributed by atoms with Gasteiger partial charge < -0.3 is 10.1 Å². The second-order valence-electron chi connectivity index (χ2n) is 6.89. The number of hydrogen-bond acceptors (Lipinski definition) is 3. The molecule has 0 atom stereocenters. The molecule has 1 aromatic carbocycles. The molecule has 160 valence electrons. The lowest BCUT2D eigenvalue weighted by molar-refractivity contribution is 0.0913. The number of amides is 1. The summed E-state index contributed by atoms with van der Waals surface area (Å²) in [6.07, 6.45) is 0.472. The van der Waals surface area contributed by atoms with E-state index in [0.717, 1.165) is 0 Å². The van der Waals surface area contributed by atoms with Crippen LogP contribution in [-0.4, -0.2) is 22.3 Å². The first kappa shape index (κ1) is 23.2. The number of rotatable bonds is 8. The maximum absolute atomic E-state index is 14.3. The van der Waals surface area contributed by atoms with Crippen molar-refractivity contribution in [2.45, 2.75) is 40.3 Å². The van der Waals surface area contributed by atoms with Gasteiger partial charge in [-0.15, -0.1) is 0 Å². The lowest BCUT2D eigenvalue weighted by Gasteiger charge is -2.14. The fraction of sp³-hybridized carbons (Fsp3) is 0.474. The zero-order chi connectivity index (χ0) is 21.9. The van der Waals surface area contributed by atoms with Crippen molar-refractivity contribution in [2.75, 3.05) is 6.61 Å². The minimum atomic E-state index is -1.59. The first-order chi connectivity index (χ1) is 13.6. The maximum Gasteiger partial charge on any atom is 0.271 e. The number of hydrogen-bond donors (Lipinski definition) is 1. The van der Waals surface area contributed by atoms with Crippen molar-refractivity contribution in [1.82, 2.24) is 15.1 Å². The number of benzene rings is 1. The largest absolute Gasteiger partial charge is 0.376 e. The zero-order valence-corrected chi connectivity index (χ0v) is 17.3. The third kappa shape index (κ3) is 4.90. The number of carbonyl (C=O) groups excluding carboxylic acids is 1. The van der Waals surface area contributed by atoms with Crippen LogP contribution in [0, 0.1) is 29.2 Å². The molecule has 0 aliphatic heterocycles. The van der Waals surface area contributed by atoms with Crippen molar-refractivity contribution < 1.29 is 27.1 Å². The van der Waals surface area contributed by atoms with Crippen molar-refractivity contribution in [2.24, 2.45) is 13.0 Å². The van der Waals surface area contributed by atoms with E-state index in [1.54, 1.807) is 6.92 Å². The number of carbonyl (C=O) groups is 1. The molecule has 0 bridgehead atoms. The Morgan fingerprint density at radius 1 is 1.14 bits per heavy atom. The summed E-state index contributed by atoms with van der Waals surface area (Å²) in [5, 5.41) is 6.38. The van der Waals surface area contributed by atoms with Gasteiger partial charge in [0.05, 0.1) is 22.9 Å². The van der Waals surface area contributed by atoms with E-state index in [2.05, 4.69) is 10.4 Å². The normalized spacial score (nSPS) is 11.4. The molecule has 1 heterocycles. The number of nitrogens with one attached hydrogen (secondary N) is 1. The van der Waals surface area contributed by atoms with Crippen LogP contribution in [0.25, 0.3) is 0 Å². The van der Waals surface area contributed by atoms with Crippen molar-refractivity contribution in [3.63, 3.8) is 0 Å². The molecule has 0 saturated heterocycles. The smallest absolute Gasteiger partial charge is 0.271 e. The molecular formula is C19H22ClF4N3O2. The molecular weight excluding hydrogens is 414 g/mol. The van der Waals surface area contributed by atoms with Crippen molar-refractivity contribution in [3.05, 3.63) is 50.8 Å². The van der Waals surface area contributed by atoms with E-state index >= 15 is 0 Å². The van der Waals surface area contributed by atoms with Gasteiger partial charge in [0.1, 0.15) is 5.69 Å². The topological polar surface area (TPSA) is 56.2 Å². The van der Waals surface area contributed by atoms with E-state index in [9.17, 15) is 22.4 Å². The summed E-state index contributed by atoms with van der Waals surface area (Å²) in [5.74, 6) is -6.98. The summed E-state index contributed by atoms with van der Waals surface area (Å²) in [6, 6.07) is 0. The van der Waals surface area contributed by atoms with Crippen LogP contribution in [0.5, 0.6) is 0 Å². The van der Waals surface area contributed by atoms with Gasteiger partial charge in [0.2, 0.25) is 0 Å². The molecule has 0 unspecified atom stereocenters. The minimum Gasteiger partial charge on any atom is -0.376 e. The molecule has 5 nitrogen and oxygen atoms in total. The van der Waals surface area contributed by atoms with Crippen LogP contribution in [0.2, 0.25) is 5.02 Å². The Morgan fingerprint density at radius 3 is 2.17 bits per heavy atom. The van der Waals surface area contributed by atoms with Crippen LogP contribution in [0.3, 0.4) is 0 Å². The molecule has 0 aliphatic rings. The molecule has 0 aliphatic carbocycles. The quantitative estimate of drug-likeness (QED) is 0.497. The third-order valence-corrected chi connectivity index (χ3v) is 4.57. The van der Waals surface area contributed by atoms with Crippen molar-refractivity contribution >= 4 is 17.5 Å². The van der Waals surface area contributed by atoms with Crippen LogP contribution in [0.15, 0.2) is 0 Å². The molecule has 1 aromatic heterocycles. The Bertz CT molecular complexity index is 887. The summed E-state index contributed by atoms with van der Waals surface area (Å²) >= 11 is 6.08. The number of aryl methyl sites for hydroxylation is 2. The van der Waals surface area contributed by atoms with Crippen LogP contribution in [0.4, 0.5) is 17.6 Å². The van der Waals surface area contributed by atoms with Gasteiger partial charge in [0, 0.05) is 25.8 Å². The van der Waals surface area contributed by atoms with E-state index in [1.165, 1.54) is 11.7 Å². The predicted octanol–water partition coefficient (Wildman–Crippen LogP) is 4.29. The summed E-state index contributed by atoms with van der Waals surface area (Å²) < 4.78 is 63.4. The molecule has 0 radical (unpaired) electrons. The highest BCUT2D eigenvalue weighted by molar-refractivity contribution is 6.34. The fourth-order valence-electron chi connectivity index (χ4n) is 2.68. The molecule has 1 amide bonds. The number of aromatic nitrogens is 2. The second kappa shape index (κ2) is 9.58. The van der Waals surface area contributed by atoms with E-state index in [4.69, 9.17) is 16.3 Å². The lowest BCUT2D eigenvalue weighted by atomic mass is 10.1. The Hall–Kier alpha value is -2.13. The first-order valence-corrected chi connectivity index (χ1v) is 9.38. The highest BCUT2D eigenvalue weighted by atomic mass is 35.5. The number of halogens is 5. The monoisotopic (exact) mass is 435 g/mol. The molecule has 1 N–H and O–H groups in total. The average molecular weight is 436 g/mol. The third-order valence-electron chi connectivity index (χ3n) is 4.17. The highest BCUT2D eigenvalue weighted by Gasteiger charge is 2.27. The van der Waals surface area contributed by atoms with Gasteiger partial charge >= 0.3 is 0 Å².